The standard InChI is InChI=1S/C17H20BrNO/c1-12(2)20-15-9-7-13(8-10-15)17(19)11-14-5-3-4-6-16(14)18/h3-10,12,17H,11,19H2,1-2H3. The van der Waals surface area contributed by atoms with Gasteiger partial charge in [0, 0.05) is 10.5 Å². The number of halogens is 1. The molecule has 0 aliphatic carbocycles. The molecule has 0 saturated carbocycles. The number of benzene rings is 2. The van der Waals surface area contributed by atoms with Gasteiger partial charge in [-0.15, -0.1) is 0 Å². The average molecular weight is 334 g/mol. The molecule has 0 spiro atoms. The smallest absolute Gasteiger partial charge is 0.119 e. The third-order valence-electron chi connectivity index (χ3n) is 3.08. The summed E-state index contributed by atoms with van der Waals surface area (Å²) in [7, 11) is 0. The first kappa shape index (κ1) is 15.1. The summed E-state index contributed by atoms with van der Waals surface area (Å²) < 4.78 is 6.74. The highest BCUT2D eigenvalue weighted by atomic mass is 79.9. The van der Waals surface area contributed by atoms with E-state index in [0.29, 0.717) is 0 Å². The van der Waals surface area contributed by atoms with Crippen molar-refractivity contribution in [3.63, 3.8) is 0 Å². The summed E-state index contributed by atoms with van der Waals surface area (Å²) in [5, 5.41) is 0. The Balaban J connectivity index is 2.06. The molecule has 0 radical (unpaired) electrons. The molecule has 0 aliphatic rings. The molecule has 0 saturated heterocycles. The highest BCUT2D eigenvalue weighted by Gasteiger charge is 2.09. The van der Waals surface area contributed by atoms with Gasteiger partial charge in [0.1, 0.15) is 5.75 Å². The van der Waals surface area contributed by atoms with Crippen LogP contribution in [0.4, 0.5) is 0 Å². The van der Waals surface area contributed by atoms with Gasteiger partial charge in [-0.25, -0.2) is 0 Å². The van der Waals surface area contributed by atoms with Crippen LogP contribution in [0.5, 0.6) is 5.75 Å². The van der Waals surface area contributed by atoms with Crippen molar-refractivity contribution in [2.75, 3.05) is 0 Å². The zero-order valence-electron chi connectivity index (χ0n) is 11.8. The highest BCUT2D eigenvalue weighted by molar-refractivity contribution is 9.10. The molecular formula is C17H20BrNO. The van der Waals surface area contributed by atoms with Gasteiger partial charge >= 0.3 is 0 Å². The number of nitrogens with two attached hydrogens (primary N) is 1. The fraction of sp³-hybridized carbons (Fsp3) is 0.294. The number of rotatable bonds is 5. The second-order valence-corrected chi connectivity index (χ2v) is 5.99. The molecule has 3 heteroatoms. The Hall–Kier alpha value is -1.32. The number of hydrogen-bond acceptors (Lipinski definition) is 2. The van der Waals surface area contributed by atoms with Crippen molar-refractivity contribution in [3.8, 4) is 5.75 Å². The topological polar surface area (TPSA) is 35.2 Å². The zero-order valence-corrected chi connectivity index (χ0v) is 13.4. The van der Waals surface area contributed by atoms with Gasteiger partial charge in [0.25, 0.3) is 0 Å². The molecule has 2 aromatic rings. The third-order valence-corrected chi connectivity index (χ3v) is 3.85. The lowest BCUT2D eigenvalue weighted by Crippen LogP contribution is -2.13. The van der Waals surface area contributed by atoms with Gasteiger partial charge in [-0.2, -0.15) is 0 Å². The molecule has 0 fully saturated rings. The van der Waals surface area contributed by atoms with Gasteiger partial charge in [0.2, 0.25) is 0 Å². The summed E-state index contributed by atoms with van der Waals surface area (Å²) >= 11 is 3.56. The molecule has 2 nitrogen and oxygen atoms in total. The van der Waals surface area contributed by atoms with E-state index >= 15 is 0 Å². The Morgan fingerprint density at radius 1 is 1.05 bits per heavy atom. The second-order valence-electron chi connectivity index (χ2n) is 5.14. The molecule has 106 valence electrons. The second kappa shape index (κ2) is 6.91. The van der Waals surface area contributed by atoms with E-state index in [4.69, 9.17) is 10.5 Å². The summed E-state index contributed by atoms with van der Waals surface area (Å²) in [6.07, 6.45) is 1.00. The first-order valence-corrected chi connectivity index (χ1v) is 7.61. The van der Waals surface area contributed by atoms with Crippen LogP contribution >= 0.6 is 15.9 Å². The van der Waals surface area contributed by atoms with Crippen molar-refractivity contribution in [2.45, 2.75) is 32.4 Å². The van der Waals surface area contributed by atoms with E-state index in [1.165, 1.54) is 5.56 Å². The molecule has 20 heavy (non-hydrogen) atoms. The molecule has 1 atom stereocenters. The van der Waals surface area contributed by atoms with Crippen LogP contribution in [0.25, 0.3) is 0 Å². The number of hydrogen-bond donors (Lipinski definition) is 1. The molecule has 0 amide bonds. The third kappa shape index (κ3) is 4.09. The van der Waals surface area contributed by atoms with Gasteiger partial charge in [-0.1, -0.05) is 46.3 Å². The molecule has 2 aromatic carbocycles. The maximum Gasteiger partial charge on any atom is 0.119 e. The first-order valence-electron chi connectivity index (χ1n) is 6.82. The maximum absolute atomic E-state index is 6.29. The van der Waals surface area contributed by atoms with Gasteiger partial charge < -0.3 is 10.5 Å². The van der Waals surface area contributed by atoms with Crippen LogP contribution < -0.4 is 10.5 Å². The normalized spacial score (nSPS) is 12.4. The van der Waals surface area contributed by atoms with Crippen LogP contribution in [0.15, 0.2) is 53.0 Å². The largest absolute Gasteiger partial charge is 0.491 e. The predicted octanol–water partition coefficient (Wildman–Crippen LogP) is 4.48. The van der Waals surface area contributed by atoms with E-state index < -0.39 is 0 Å². The van der Waals surface area contributed by atoms with Crippen molar-refractivity contribution in [1.82, 2.24) is 0 Å². The molecule has 0 aromatic heterocycles. The average Bonchev–Trinajstić information content (AvgIpc) is 2.41. The molecule has 2 rings (SSSR count). The lowest BCUT2D eigenvalue weighted by Gasteiger charge is -2.15. The molecular weight excluding hydrogens is 314 g/mol. The zero-order chi connectivity index (χ0) is 14.5. The Bertz CT molecular complexity index is 551. The lowest BCUT2D eigenvalue weighted by molar-refractivity contribution is 0.242. The summed E-state index contributed by atoms with van der Waals surface area (Å²) in [6, 6.07) is 16.2. The van der Waals surface area contributed by atoms with Crippen LogP contribution in [-0.4, -0.2) is 6.10 Å². The van der Waals surface area contributed by atoms with E-state index in [0.717, 1.165) is 22.2 Å². The van der Waals surface area contributed by atoms with Crippen molar-refractivity contribution in [2.24, 2.45) is 5.73 Å². The van der Waals surface area contributed by atoms with Crippen molar-refractivity contribution in [3.05, 3.63) is 64.1 Å². The quantitative estimate of drug-likeness (QED) is 0.875. The molecule has 0 aliphatic heterocycles. The minimum absolute atomic E-state index is 0.0122. The predicted molar refractivity (Wildman–Crippen MR) is 87.0 cm³/mol. The summed E-state index contributed by atoms with van der Waals surface area (Å²) in [4.78, 5) is 0. The SMILES string of the molecule is CC(C)Oc1ccc(C(N)Cc2ccccc2Br)cc1. The summed E-state index contributed by atoms with van der Waals surface area (Å²) in [5.74, 6) is 0.886. The Labute approximate surface area is 129 Å². The van der Waals surface area contributed by atoms with E-state index in [-0.39, 0.29) is 12.1 Å². The van der Waals surface area contributed by atoms with Crippen LogP contribution in [0.1, 0.15) is 31.0 Å². The van der Waals surface area contributed by atoms with Crippen LogP contribution in [0.2, 0.25) is 0 Å². The van der Waals surface area contributed by atoms with Crippen molar-refractivity contribution >= 4 is 15.9 Å². The van der Waals surface area contributed by atoms with E-state index in [9.17, 15) is 0 Å². The molecule has 2 N–H and O–H groups in total. The summed E-state index contributed by atoms with van der Waals surface area (Å²) in [6.45, 7) is 4.04. The van der Waals surface area contributed by atoms with E-state index in [1.807, 2.05) is 56.3 Å². The van der Waals surface area contributed by atoms with Gasteiger partial charge in [-0.05, 0) is 49.6 Å². The minimum atomic E-state index is -0.0122. The van der Waals surface area contributed by atoms with Crippen LogP contribution in [0.3, 0.4) is 0 Å². The Kier molecular flexibility index (Phi) is 5.21. The maximum atomic E-state index is 6.29. The van der Waals surface area contributed by atoms with E-state index in [1.54, 1.807) is 0 Å². The van der Waals surface area contributed by atoms with Gasteiger partial charge in [0.15, 0.2) is 0 Å². The fourth-order valence-corrected chi connectivity index (χ4v) is 2.53. The molecule has 0 heterocycles. The van der Waals surface area contributed by atoms with Crippen molar-refractivity contribution in [1.29, 1.82) is 0 Å². The Morgan fingerprint density at radius 3 is 2.30 bits per heavy atom. The Morgan fingerprint density at radius 2 is 1.70 bits per heavy atom. The monoisotopic (exact) mass is 333 g/mol. The first-order chi connectivity index (χ1) is 9.56. The van der Waals surface area contributed by atoms with Crippen LogP contribution in [0, 0.1) is 0 Å². The van der Waals surface area contributed by atoms with Gasteiger partial charge in [0.05, 0.1) is 6.10 Å². The van der Waals surface area contributed by atoms with Crippen LogP contribution in [-0.2, 0) is 6.42 Å². The fourth-order valence-electron chi connectivity index (χ4n) is 2.08. The lowest BCUT2D eigenvalue weighted by atomic mass is 10.00. The van der Waals surface area contributed by atoms with E-state index in [2.05, 4.69) is 22.0 Å². The summed E-state index contributed by atoms with van der Waals surface area (Å²) in [5.41, 5.74) is 8.63. The minimum Gasteiger partial charge on any atom is -0.491 e. The molecule has 1 unspecified atom stereocenters. The molecule has 0 bridgehead atoms. The van der Waals surface area contributed by atoms with Gasteiger partial charge in [-0.3, -0.25) is 0 Å². The highest BCUT2D eigenvalue weighted by Crippen LogP contribution is 2.24. The van der Waals surface area contributed by atoms with Crippen molar-refractivity contribution < 1.29 is 4.74 Å². The number of ether oxygens (including phenoxy) is 1.